The van der Waals surface area contributed by atoms with Gasteiger partial charge in [-0.15, -0.1) is 0 Å². The molecule has 0 aliphatic heterocycles. The first-order chi connectivity index (χ1) is 10.5. The third-order valence-corrected chi connectivity index (χ3v) is 3.41. The normalized spacial score (nSPS) is 12.1. The molecule has 0 fully saturated rings. The van der Waals surface area contributed by atoms with E-state index in [9.17, 15) is 4.79 Å². The van der Waals surface area contributed by atoms with Crippen molar-refractivity contribution in [3.05, 3.63) is 65.7 Å². The minimum absolute atomic E-state index is 0.0580. The minimum atomic E-state index is -0.0899. The van der Waals surface area contributed by atoms with Crippen molar-refractivity contribution in [2.45, 2.75) is 19.5 Å². The SMILES string of the molecule is CC(CN(C)Cc1ccccc1)NC(=O)c1cccc(N)c1. The van der Waals surface area contributed by atoms with E-state index in [0.29, 0.717) is 11.3 Å². The lowest BCUT2D eigenvalue weighted by molar-refractivity contribution is 0.0931. The van der Waals surface area contributed by atoms with E-state index in [1.54, 1.807) is 24.3 Å². The first-order valence-corrected chi connectivity index (χ1v) is 7.43. The van der Waals surface area contributed by atoms with Crippen LogP contribution in [0.3, 0.4) is 0 Å². The van der Waals surface area contributed by atoms with Crippen molar-refractivity contribution in [2.24, 2.45) is 0 Å². The van der Waals surface area contributed by atoms with Crippen LogP contribution in [0.25, 0.3) is 0 Å². The molecule has 1 unspecified atom stereocenters. The molecule has 0 saturated carbocycles. The number of benzene rings is 2. The Balaban J connectivity index is 1.84. The van der Waals surface area contributed by atoms with E-state index in [0.717, 1.165) is 13.1 Å². The summed E-state index contributed by atoms with van der Waals surface area (Å²) in [5.74, 6) is -0.0899. The van der Waals surface area contributed by atoms with Gasteiger partial charge in [-0.1, -0.05) is 36.4 Å². The average Bonchev–Trinajstić information content (AvgIpc) is 2.47. The van der Waals surface area contributed by atoms with Gasteiger partial charge in [0.1, 0.15) is 0 Å². The quantitative estimate of drug-likeness (QED) is 0.806. The summed E-state index contributed by atoms with van der Waals surface area (Å²) >= 11 is 0. The zero-order valence-electron chi connectivity index (χ0n) is 13.1. The van der Waals surface area contributed by atoms with Crippen LogP contribution in [0.15, 0.2) is 54.6 Å². The zero-order chi connectivity index (χ0) is 15.9. The van der Waals surface area contributed by atoms with E-state index in [2.05, 4.69) is 29.4 Å². The van der Waals surface area contributed by atoms with E-state index in [4.69, 9.17) is 5.73 Å². The number of nitrogens with two attached hydrogens (primary N) is 1. The highest BCUT2D eigenvalue weighted by Crippen LogP contribution is 2.07. The molecule has 0 aromatic heterocycles. The van der Waals surface area contributed by atoms with Crippen molar-refractivity contribution in [1.82, 2.24) is 10.2 Å². The molecule has 2 rings (SSSR count). The molecular weight excluding hydrogens is 274 g/mol. The molecule has 0 bridgehead atoms. The monoisotopic (exact) mass is 297 g/mol. The number of hydrogen-bond donors (Lipinski definition) is 2. The summed E-state index contributed by atoms with van der Waals surface area (Å²) in [5.41, 5.74) is 8.16. The van der Waals surface area contributed by atoms with Gasteiger partial charge in [-0.2, -0.15) is 0 Å². The Bertz CT molecular complexity index is 613. The average molecular weight is 297 g/mol. The highest BCUT2D eigenvalue weighted by atomic mass is 16.1. The lowest BCUT2D eigenvalue weighted by Crippen LogP contribution is -2.40. The Morgan fingerprint density at radius 1 is 1.18 bits per heavy atom. The van der Waals surface area contributed by atoms with Crippen molar-refractivity contribution >= 4 is 11.6 Å². The number of rotatable bonds is 6. The van der Waals surface area contributed by atoms with Crippen molar-refractivity contribution in [2.75, 3.05) is 19.3 Å². The Morgan fingerprint density at radius 2 is 1.91 bits per heavy atom. The fourth-order valence-electron chi connectivity index (χ4n) is 2.46. The molecule has 0 heterocycles. The second-order valence-electron chi connectivity index (χ2n) is 5.68. The van der Waals surface area contributed by atoms with Crippen molar-refractivity contribution in [3.8, 4) is 0 Å². The summed E-state index contributed by atoms with van der Waals surface area (Å²) in [6.07, 6.45) is 0. The summed E-state index contributed by atoms with van der Waals surface area (Å²) in [5, 5.41) is 3.00. The highest BCUT2D eigenvalue weighted by Gasteiger charge is 2.12. The summed E-state index contributed by atoms with van der Waals surface area (Å²) in [6, 6.07) is 17.4. The van der Waals surface area contributed by atoms with Gasteiger partial charge in [-0.25, -0.2) is 0 Å². The van der Waals surface area contributed by atoms with Gasteiger partial charge in [-0.05, 0) is 37.7 Å². The minimum Gasteiger partial charge on any atom is -0.399 e. The first-order valence-electron chi connectivity index (χ1n) is 7.43. The van der Waals surface area contributed by atoms with Crippen LogP contribution in [0.4, 0.5) is 5.69 Å². The van der Waals surface area contributed by atoms with E-state index in [-0.39, 0.29) is 11.9 Å². The maximum Gasteiger partial charge on any atom is 0.251 e. The summed E-state index contributed by atoms with van der Waals surface area (Å²) in [7, 11) is 2.05. The van der Waals surface area contributed by atoms with Crippen LogP contribution in [0.2, 0.25) is 0 Å². The predicted octanol–water partition coefficient (Wildman–Crippen LogP) is 2.52. The van der Waals surface area contributed by atoms with Crippen LogP contribution in [-0.2, 0) is 6.54 Å². The number of anilines is 1. The molecule has 4 heteroatoms. The van der Waals surface area contributed by atoms with Crippen molar-refractivity contribution in [3.63, 3.8) is 0 Å². The Kier molecular flexibility index (Phi) is 5.55. The van der Waals surface area contributed by atoms with Gasteiger partial charge in [0.15, 0.2) is 0 Å². The number of likely N-dealkylation sites (N-methyl/N-ethyl adjacent to an activating group) is 1. The molecule has 3 N–H and O–H groups in total. The van der Waals surface area contributed by atoms with Gasteiger partial charge >= 0.3 is 0 Å². The smallest absolute Gasteiger partial charge is 0.251 e. The first kappa shape index (κ1) is 16.0. The topological polar surface area (TPSA) is 58.4 Å². The summed E-state index contributed by atoms with van der Waals surface area (Å²) in [4.78, 5) is 14.4. The maximum atomic E-state index is 12.2. The van der Waals surface area contributed by atoms with Crippen LogP contribution in [0.1, 0.15) is 22.8 Å². The number of nitrogens with one attached hydrogen (secondary N) is 1. The van der Waals surface area contributed by atoms with Crippen LogP contribution in [-0.4, -0.2) is 30.4 Å². The zero-order valence-corrected chi connectivity index (χ0v) is 13.1. The highest BCUT2D eigenvalue weighted by molar-refractivity contribution is 5.95. The van der Waals surface area contributed by atoms with E-state index in [1.807, 2.05) is 25.1 Å². The molecule has 4 nitrogen and oxygen atoms in total. The molecule has 0 aliphatic carbocycles. The molecule has 0 radical (unpaired) electrons. The third kappa shape index (κ3) is 4.90. The van der Waals surface area contributed by atoms with E-state index in [1.165, 1.54) is 5.56 Å². The van der Waals surface area contributed by atoms with Crippen molar-refractivity contribution in [1.29, 1.82) is 0 Å². The Hall–Kier alpha value is -2.33. The number of nitrogen functional groups attached to an aromatic ring is 1. The lowest BCUT2D eigenvalue weighted by atomic mass is 10.1. The van der Waals surface area contributed by atoms with Crippen LogP contribution in [0, 0.1) is 0 Å². The molecule has 116 valence electrons. The lowest BCUT2D eigenvalue weighted by Gasteiger charge is -2.22. The van der Waals surface area contributed by atoms with E-state index >= 15 is 0 Å². The van der Waals surface area contributed by atoms with Crippen molar-refractivity contribution < 1.29 is 4.79 Å². The van der Waals surface area contributed by atoms with Crippen LogP contribution < -0.4 is 11.1 Å². The molecule has 2 aromatic rings. The fourth-order valence-corrected chi connectivity index (χ4v) is 2.46. The Morgan fingerprint density at radius 3 is 2.59 bits per heavy atom. The number of amides is 1. The molecule has 0 saturated heterocycles. The van der Waals surface area contributed by atoms with E-state index < -0.39 is 0 Å². The van der Waals surface area contributed by atoms with Gasteiger partial charge < -0.3 is 16.0 Å². The van der Waals surface area contributed by atoms with Gasteiger partial charge in [0.25, 0.3) is 5.91 Å². The molecule has 1 atom stereocenters. The third-order valence-electron chi connectivity index (χ3n) is 3.41. The molecule has 0 spiro atoms. The van der Waals surface area contributed by atoms with Gasteiger partial charge in [0.2, 0.25) is 0 Å². The fraction of sp³-hybridized carbons (Fsp3) is 0.278. The molecular formula is C18H23N3O. The maximum absolute atomic E-state index is 12.2. The second kappa shape index (κ2) is 7.61. The second-order valence-corrected chi connectivity index (χ2v) is 5.68. The van der Waals surface area contributed by atoms with Gasteiger partial charge in [0.05, 0.1) is 0 Å². The number of carbonyl (C=O) groups is 1. The van der Waals surface area contributed by atoms with Gasteiger partial charge in [0, 0.05) is 30.4 Å². The number of nitrogens with zero attached hydrogens (tertiary/aromatic N) is 1. The van der Waals surface area contributed by atoms with Crippen LogP contribution >= 0.6 is 0 Å². The molecule has 0 aliphatic rings. The standard InChI is InChI=1S/C18H23N3O/c1-14(12-21(2)13-15-7-4-3-5-8-15)20-18(22)16-9-6-10-17(19)11-16/h3-11,14H,12-13,19H2,1-2H3,(H,20,22). The summed E-state index contributed by atoms with van der Waals surface area (Å²) < 4.78 is 0. The number of carbonyl (C=O) groups excluding carboxylic acids is 1. The predicted molar refractivity (Wildman–Crippen MR) is 90.6 cm³/mol. The molecule has 22 heavy (non-hydrogen) atoms. The van der Waals surface area contributed by atoms with Gasteiger partial charge in [-0.3, -0.25) is 4.79 Å². The molecule has 2 aromatic carbocycles. The largest absolute Gasteiger partial charge is 0.399 e. The summed E-state index contributed by atoms with van der Waals surface area (Å²) in [6.45, 7) is 3.65. The Labute approximate surface area is 131 Å². The number of hydrogen-bond acceptors (Lipinski definition) is 3. The molecule has 1 amide bonds. The van der Waals surface area contributed by atoms with Crippen LogP contribution in [0.5, 0.6) is 0 Å².